The first-order valence-corrected chi connectivity index (χ1v) is 12.3. The molecule has 1 aliphatic carbocycles. The first-order valence-electron chi connectivity index (χ1n) is 12.0. The van der Waals surface area contributed by atoms with Gasteiger partial charge >= 0.3 is 0 Å². The van der Waals surface area contributed by atoms with Crippen LogP contribution in [0.3, 0.4) is 0 Å². The number of rotatable bonds is 9. The van der Waals surface area contributed by atoms with E-state index in [-0.39, 0.29) is 5.91 Å². The molecule has 0 bridgehead atoms. The predicted molar refractivity (Wildman–Crippen MR) is 139 cm³/mol. The second kappa shape index (κ2) is 11.7. The molecule has 3 N–H and O–H groups in total. The van der Waals surface area contributed by atoms with Crippen molar-refractivity contribution in [3.63, 3.8) is 0 Å². The zero-order valence-corrected chi connectivity index (χ0v) is 20.6. The van der Waals surface area contributed by atoms with Gasteiger partial charge in [-0.1, -0.05) is 55.8 Å². The number of nitrogens with zero attached hydrogens (tertiary/aromatic N) is 4. The average molecular weight is 492 g/mol. The Morgan fingerprint density at radius 3 is 2.66 bits per heavy atom. The van der Waals surface area contributed by atoms with Crippen molar-refractivity contribution >= 4 is 35.0 Å². The van der Waals surface area contributed by atoms with Gasteiger partial charge < -0.3 is 20.5 Å². The quantitative estimate of drug-likeness (QED) is 0.340. The molecule has 0 unspecified atom stereocenters. The first kappa shape index (κ1) is 24.6. The molecule has 1 aromatic carbocycles. The highest BCUT2D eigenvalue weighted by atomic mass is 35.5. The Morgan fingerprint density at radius 2 is 1.97 bits per heavy atom. The van der Waals surface area contributed by atoms with Crippen molar-refractivity contribution in [2.75, 3.05) is 17.7 Å². The summed E-state index contributed by atoms with van der Waals surface area (Å²) < 4.78 is 1.90. The highest BCUT2D eigenvalue weighted by Gasteiger charge is 2.25. The lowest BCUT2D eigenvalue weighted by atomic mass is 9.84. The van der Waals surface area contributed by atoms with Crippen LogP contribution in [0.4, 0.5) is 17.5 Å². The molecule has 3 aromatic rings. The fraction of sp³-hybridized carbons (Fsp3) is 0.385. The van der Waals surface area contributed by atoms with Crippen LogP contribution in [0, 0.1) is 12.5 Å². The van der Waals surface area contributed by atoms with Crippen molar-refractivity contribution in [1.29, 1.82) is 0 Å². The third kappa shape index (κ3) is 6.52. The Hall–Kier alpha value is -3.57. The second-order valence-corrected chi connectivity index (χ2v) is 9.22. The third-order valence-electron chi connectivity index (χ3n) is 6.36. The minimum Gasteiger partial charge on any atom is -0.358 e. The van der Waals surface area contributed by atoms with E-state index in [0.29, 0.717) is 40.8 Å². The molecular weight excluding hydrogens is 462 g/mol. The maximum Gasteiger partial charge on any atom is 0.242 e. The van der Waals surface area contributed by atoms with Gasteiger partial charge in [-0.15, -0.1) is 0 Å². The molecule has 8 nitrogen and oxygen atoms in total. The van der Waals surface area contributed by atoms with Crippen molar-refractivity contribution in [3.05, 3.63) is 70.8 Å². The lowest BCUT2D eigenvalue weighted by molar-refractivity contribution is -0.122. The summed E-state index contributed by atoms with van der Waals surface area (Å²) in [5, 5.41) is 9.89. The number of anilines is 2. The number of amides is 1. The first-order chi connectivity index (χ1) is 17.1. The molecule has 35 heavy (non-hydrogen) atoms. The number of carbonyl (C=O) groups excluding carboxylic acids is 1. The van der Waals surface area contributed by atoms with Crippen molar-refractivity contribution in [2.45, 2.75) is 51.1 Å². The van der Waals surface area contributed by atoms with Gasteiger partial charge in [0.2, 0.25) is 11.9 Å². The summed E-state index contributed by atoms with van der Waals surface area (Å²) in [5.74, 6) is 2.15. The minimum absolute atomic E-state index is 0.104. The van der Waals surface area contributed by atoms with Gasteiger partial charge in [0.05, 0.1) is 6.57 Å². The Labute approximate surface area is 210 Å². The molecule has 182 valence electrons. The zero-order valence-electron chi connectivity index (χ0n) is 19.8. The van der Waals surface area contributed by atoms with E-state index in [9.17, 15) is 4.79 Å². The van der Waals surface area contributed by atoms with E-state index in [2.05, 4.69) is 30.8 Å². The summed E-state index contributed by atoms with van der Waals surface area (Å²) in [6.07, 6.45) is 10.5. The molecule has 1 aliphatic rings. The number of carbonyl (C=O) groups is 1. The van der Waals surface area contributed by atoms with Gasteiger partial charge in [0.1, 0.15) is 17.7 Å². The number of hydrogen-bond donors (Lipinski definition) is 3. The SMILES string of the molecule is [C-]#[N+]c1ccc(CNC(=O)[C@@H](CC2CCCCC2)Nc2cc(-n3cccc3)nc(NC)n2)c(Cl)c1. The number of halogens is 1. The van der Waals surface area contributed by atoms with Gasteiger partial charge in [0.25, 0.3) is 0 Å². The maximum atomic E-state index is 13.4. The van der Waals surface area contributed by atoms with Crippen LogP contribution in [0.5, 0.6) is 0 Å². The number of nitrogens with one attached hydrogen (secondary N) is 3. The predicted octanol–water partition coefficient (Wildman–Crippen LogP) is 5.58. The molecular formula is C26H30ClN7O. The van der Waals surface area contributed by atoms with Crippen molar-refractivity contribution in [2.24, 2.45) is 5.92 Å². The number of hydrogen-bond acceptors (Lipinski definition) is 5. The maximum absolute atomic E-state index is 13.4. The fourth-order valence-electron chi connectivity index (χ4n) is 4.46. The average Bonchev–Trinajstić information content (AvgIpc) is 3.43. The van der Waals surface area contributed by atoms with Crippen LogP contribution in [0.25, 0.3) is 10.7 Å². The topological polar surface area (TPSA) is 88.2 Å². The Bertz CT molecular complexity index is 1180. The standard InChI is InChI=1S/C26H30ClN7O/c1-28-20-11-10-19(21(27)15-20)17-30-25(35)22(14-18-8-4-3-5-9-18)31-23-16-24(33-26(29-2)32-23)34-12-6-7-13-34/h6-7,10-13,15-16,18,22H,3-5,8-9,14,17H2,2H3,(H,30,35)(H2,29,31,32,33)/t22-/m1/s1. The highest BCUT2D eigenvalue weighted by molar-refractivity contribution is 6.31. The minimum atomic E-state index is -0.448. The summed E-state index contributed by atoms with van der Waals surface area (Å²) in [6.45, 7) is 7.42. The molecule has 0 saturated heterocycles. The molecule has 1 saturated carbocycles. The summed E-state index contributed by atoms with van der Waals surface area (Å²) in [4.78, 5) is 25.8. The van der Waals surface area contributed by atoms with Crippen LogP contribution in [-0.2, 0) is 11.3 Å². The fourth-order valence-corrected chi connectivity index (χ4v) is 4.70. The molecule has 1 amide bonds. The van der Waals surface area contributed by atoms with Gasteiger partial charge in [0, 0.05) is 37.1 Å². The molecule has 1 atom stereocenters. The van der Waals surface area contributed by atoms with Gasteiger partial charge in [-0.2, -0.15) is 9.97 Å². The van der Waals surface area contributed by atoms with Crippen LogP contribution < -0.4 is 16.0 Å². The molecule has 0 aliphatic heterocycles. The van der Waals surface area contributed by atoms with E-state index >= 15 is 0 Å². The molecule has 0 radical (unpaired) electrons. The molecule has 0 spiro atoms. The van der Waals surface area contributed by atoms with Gasteiger partial charge in [0.15, 0.2) is 5.69 Å². The normalized spacial score (nSPS) is 14.7. The zero-order chi connectivity index (χ0) is 24.6. The highest BCUT2D eigenvalue weighted by Crippen LogP contribution is 2.29. The second-order valence-electron chi connectivity index (χ2n) is 8.82. The summed E-state index contributed by atoms with van der Waals surface area (Å²) in [6, 6.07) is 10.4. The van der Waals surface area contributed by atoms with Crippen LogP contribution in [0.15, 0.2) is 48.8 Å². The molecule has 2 aromatic heterocycles. The van der Waals surface area contributed by atoms with Crippen molar-refractivity contribution < 1.29 is 4.79 Å². The van der Waals surface area contributed by atoms with Crippen LogP contribution in [0.1, 0.15) is 44.1 Å². The van der Waals surface area contributed by atoms with E-state index in [1.807, 2.05) is 35.2 Å². The summed E-state index contributed by atoms with van der Waals surface area (Å²) >= 11 is 6.32. The molecule has 2 heterocycles. The Kier molecular flexibility index (Phi) is 8.22. The Balaban J connectivity index is 1.53. The summed E-state index contributed by atoms with van der Waals surface area (Å²) in [7, 11) is 1.77. The van der Waals surface area contributed by atoms with Crippen LogP contribution >= 0.6 is 11.6 Å². The van der Waals surface area contributed by atoms with Gasteiger partial charge in [-0.05, 0) is 36.1 Å². The third-order valence-corrected chi connectivity index (χ3v) is 6.71. The van der Waals surface area contributed by atoms with Crippen LogP contribution in [0.2, 0.25) is 5.02 Å². The van der Waals surface area contributed by atoms with Gasteiger partial charge in [-0.25, -0.2) is 4.85 Å². The van der Waals surface area contributed by atoms with Crippen molar-refractivity contribution in [3.8, 4) is 5.82 Å². The smallest absolute Gasteiger partial charge is 0.242 e. The Morgan fingerprint density at radius 1 is 1.20 bits per heavy atom. The monoisotopic (exact) mass is 491 g/mol. The summed E-state index contributed by atoms with van der Waals surface area (Å²) in [5.41, 5.74) is 1.25. The molecule has 9 heteroatoms. The van der Waals surface area contributed by atoms with E-state index < -0.39 is 6.04 Å². The van der Waals surface area contributed by atoms with E-state index in [1.165, 1.54) is 19.3 Å². The lowest BCUT2D eigenvalue weighted by Crippen LogP contribution is -2.41. The van der Waals surface area contributed by atoms with Gasteiger partial charge in [-0.3, -0.25) is 4.79 Å². The number of benzene rings is 1. The van der Waals surface area contributed by atoms with Crippen LogP contribution in [-0.4, -0.2) is 33.5 Å². The number of aromatic nitrogens is 3. The van der Waals surface area contributed by atoms with E-state index in [0.717, 1.165) is 24.8 Å². The lowest BCUT2D eigenvalue weighted by Gasteiger charge is -2.27. The largest absolute Gasteiger partial charge is 0.358 e. The van der Waals surface area contributed by atoms with E-state index in [4.69, 9.17) is 18.2 Å². The van der Waals surface area contributed by atoms with E-state index in [1.54, 1.807) is 25.2 Å². The molecule has 1 fully saturated rings. The molecule has 4 rings (SSSR count). The van der Waals surface area contributed by atoms with Crippen molar-refractivity contribution in [1.82, 2.24) is 19.9 Å².